The van der Waals surface area contributed by atoms with Gasteiger partial charge in [0, 0.05) is 24.7 Å². The third kappa shape index (κ3) is 4.48. The lowest BCUT2D eigenvalue weighted by Gasteiger charge is -2.08. The molecule has 0 aliphatic heterocycles. The van der Waals surface area contributed by atoms with Crippen LogP contribution in [0, 0.1) is 0 Å². The summed E-state index contributed by atoms with van der Waals surface area (Å²) in [6, 6.07) is 13.0. The van der Waals surface area contributed by atoms with Crippen molar-refractivity contribution in [2.75, 3.05) is 25.6 Å². The van der Waals surface area contributed by atoms with Crippen molar-refractivity contribution in [3.8, 4) is 0 Å². The second kappa shape index (κ2) is 8.10. The van der Waals surface area contributed by atoms with Gasteiger partial charge in [-0.1, -0.05) is 23.7 Å². The Hall–Kier alpha value is -2.39. The molecule has 0 spiro atoms. The first-order chi connectivity index (χ1) is 12.9. The highest BCUT2D eigenvalue weighted by Gasteiger charge is 2.14. The molecule has 0 saturated heterocycles. The molecule has 0 atom stereocenters. The van der Waals surface area contributed by atoms with Crippen LogP contribution in [0.4, 0.5) is 5.69 Å². The molecule has 3 N–H and O–H groups in total. The molecule has 0 aliphatic rings. The minimum atomic E-state index is -3.62. The molecule has 0 unspecified atom stereocenters. The molecular weight excluding hydrogens is 390 g/mol. The average molecular weight is 408 g/mol. The number of para-hydroxylation sites is 1. The summed E-state index contributed by atoms with van der Waals surface area (Å²) >= 11 is 6.11. The maximum absolute atomic E-state index is 12.4. The van der Waals surface area contributed by atoms with E-state index in [9.17, 15) is 13.2 Å². The van der Waals surface area contributed by atoms with Crippen LogP contribution in [0.25, 0.3) is 10.9 Å². The number of carbonyl (C=O) groups excluding carboxylic acids is 1. The minimum absolute atomic E-state index is 0.106. The van der Waals surface area contributed by atoms with Crippen molar-refractivity contribution < 1.29 is 17.9 Å². The van der Waals surface area contributed by atoms with Crippen LogP contribution in [0.1, 0.15) is 10.5 Å². The van der Waals surface area contributed by atoms with E-state index in [1.807, 2.05) is 6.07 Å². The summed E-state index contributed by atoms with van der Waals surface area (Å²) in [6.07, 6.45) is 0. The predicted molar refractivity (Wildman–Crippen MR) is 105 cm³/mol. The molecule has 0 saturated carbocycles. The van der Waals surface area contributed by atoms with Crippen molar-refractivity contribution in [1.29, 1.82) is 0 Å². The zero-order valence-electron chi connectivity index (χ0n) is 14.5. The lowest BCUT2D eigenvalue weighted by atomic mass is 10.2. The number of hydrogen-bond donors (Lipinski definition) is 3. The maximum atomic E-state index is 12.4. The lowest BCUT2D eigenvalue weighted by molar-refractivity contribution is 0.102. The molecule has 7 nitrogen and oxygen atoms in total. The van der Waals surface area contributed by atoms with Gasteiger partial charge in [-0.05, 0) is 36.4 Å². The number of ether oxygens (including phenoxy) is 1. The third-order valence-electron chi connectivity index (χ3n) is 3.87. The first-order valence-corrected chi connectivity index (χ1v) is 9.94. The third-order valence-corrected chi connectivity index (χ3v) is 5.66. The van der Waals surface area contributed by atoms with E-state index in [1.165, 1.54) is 31.4 Å². The number of benzene rings is 2. The predicted octanol–water partition coefficient (Wildman–Crippen LogP) is 3.00. The number of methoxy groups -OCH3 is 1. The summed E-state index contributed by atoms with van der Waals surface area (Å²) in [6.45, 7) is 0.460. The van der Waals surface area contributed by atoms with Crippen LogP contribution in [-0.2, 0) is 14.8 Å². The molecule has 0 radical (unpaired) electrons. The Kier molecular flexibility index (Phi) is 5.81. The quantitative estimate of drug-likeness (QED) is 0.524. The number of H-pyrrole nitrogens is 1. The van der Waals surface area contributed by atoms with Gasteiger partial charge in [0.05, 0.1) is 22.0 Å². The summed E-state index contributed by atoms with van der Waals surface area (Å²) in [4.78, 5) is 15.5. The van der Waals surface area contributed by atoms with Gasteiger partial charge in [0.15, 0.2) is 0 Å². The number of carbonyl (C=O) groups is 1. The molecular formula is C18H18ClN3O4S. The van der Waals surface area contributed by atoms with Gasteiger partial charge < -0.3 is 15.0 Å². The Morgan fingerprint density at radius 2 is 1.93 bits per heavy atom. The zero-order chi connectivity index (χ0) is 19.4. The number of amides is 1. The Bertz CT molecular complexity index is 1060. The van der Waals surface area contributed by atoms with Gasteiger partial charge >= 0.3 is 0 Å². The maximum Gasteiger partial charge on any atom is 0.272 e. The van der Waals surface area contributed by atoms with E-state index in [2.05, 4.69) is 15.0 Å². The summed E-state index contributed by atoms with van der Waals surface area (Å²) in [5.74, 6) is -0.351. The van der Waals surface area contributed by atoms with Crippen LogP contribution in [0.2, 0.25) is 5.02 Å². The second-order valence-electron chi connectivity index (χ2n) is 5.76. The molecule has 142 valence electrons. The first-order valence-electron chi connectivity index (χ1n) is 8.08. The van der Waals surface area contributed by atoms with Gasteiger partial charge in [-0.25, -0.2) is 13.1 Å². The second-order valence-corrected chi connectivity index (χ2v) is 7.93. The summed E-state index contributed by atoms with van der Waals surface area (Å²) in [5, 5.41) is 4.08. The van der Waals surface area contributed by atoms with Crippen molar-refractivity contribution in [3.63, 3.8) is 0 Å². The van der Waals surface area contributed by atoms with Crippen LogP contribution >= 0.6 is 11.6 Å². The van der Waals surface area contributed by atoms with Crippen LogP contribution in [-0.4, -0.2) is 39.6 Å². The highest BCUT2D eigenvalue weighted by atomic mass is 35.5. The van der Waals surface area contributed by atoms with Crippen molar-refractivity contribution in [2.24, 2.45) is 0 Å². The number of hydrogen-bond acceptors (Lipinski definition) is 4. The van der Waals surface area contributed by atoms with Crippen molar-refractivity contribution in [1.82, 2.24) is 9.71 Å². The molecule has 27 heavy (non-hydrogen) atoms. The molecule has 3 rings (SSSR count). The molecule has 1 amide bonds. The van der Waals surface area contributed by atoms with Crippen molar-refractivity contribution in [2.45, 2.75) is 4.90 Å². The van der Waals surface area contributed by atoms with Gasteiger partial charge in [-0.2, -0.15) is 0 Å². The Morgan fingerprint density at radius 1 is 1.19 bits per heavy atom. The van der Waals surface area contributed by atoms with Gasteiger partial charge in [-0.3, -0.25) is 4.79 Å². The number of fused-ring (bicyclic) bond motifs is 1. The molecule has 1 aromatic heterocycles. The van der Waals surface area contributed by atoms with Gasteiger partial charge in [0.1, 0.15) is 5.69 Å². The molecule has 0 fully saturated rings. The fourth-order valence-electron chi connectivity index (χ4n) is 2.52. The molecule has 9 heteroatoms. The molecule has 0 bridgehead atoms. The summed E-state index contributed by atoms with van der Waals surface area (Å²) in [7, 11) is -2.12. The Balaban J connectivity index is 1.72. The van der Waals surface area contributed by atoms with Crippen LogP contribution in [0.15, 0.2) is 53.4 Å². The SMILES string of the molecule is COCCNS(=O)(=O)c1ccc(NC(=O)c2cc3cccc(Cl)c3[nH]2)cc1. The minimum Gasteiger partial charge on any atom is -0.383 e. The lowest BCUT2D eigenvalue weighted by Crippen LogP contribution is -2.27. The van der Waals surface area contributed by atoms with Gasteiger partial charge in [-0.15, -0.1) is 0 Å². The van der Waals surface area contributed by atoms with E-state index in [0.717, 1.165) is 5.39 Å². The van der Waals surface area contributed by atoms with Crippen LogP contribution in [0.3, 0.4) is 0 Å². The Morgan fingerprint density at radius 3 is 2.59 bits per heavy atom. The van der Waals surface area contributed by atoms with E-state index >= 15 is 0 Å². The monoisotopic (exact) mass is 407 g/mol. The topological polar surface area (TPSA) is 100 Å². The van der Waals surface area contributed by atoms with E-state index in [1.54, 1.807) is 18.2 Å². The fourth-order valence-corrected chi connectivity index (χ4v) is 3.76. The normalized spacial score (nSPS) is 11.6. The van der Waals surface area contributed by atoms with Gasteiger partial charge in [0.2, 0.25) is 10.0 Å². The fraction of sp³-hybridized carbons (Fsp3) is 0.167. The van der Waals surface area contributed by atoms with E-state index in [0.29, 0.717) is 21.9 Å². The van der Waals surface area contributed by atoms with Crippen LogP contribution in [0.5, 0.6) is 0 Å². The molecule has 1 heterocycles. The number of aromatic amines is 1. The summed E-state index contributed by atoms with van der Waals surface area (Å²) < 4.78 is 31.5. The highest BCUT2D eigenvalue weighted by Crippen LogP contribution is 2.24. The molecule has 3 aromatic rings. The summed E-state index contributed by atoms with van der Waals surface area (Å²) in [5.41, 5.74) is 1.52. The van der Waals surface area contributed by atoms with Crippen LogP contribution < -0.4 is 10.0 Å². The van der Waals surface area contributed by atoms with Crippen molar-refractivity contribution in [3.05, 3.63) is 59.2 Å². The first kappa shape index (κ1) is 19.4. The highest BCUT2D eigenvalue weighted by molar-refractivity contribution is 7.89. The number of nitrogens with one attached hydrogen (secondary N) is 3. The number of sulfonamides is 1. The largest absolute Gasteiger partial charge is 0.383 e. The standard InChI is InChI=1S/C18H18ClN3O4S/c1-26-10-9-20-27(24,25)14-7-5-13(6-8-14)21-18(23)16-11-12-3-2-4-15(19)17(12)22-16/h2-8,11,20,22H,9-10H2,1H3,(H,21,23). The number of aromatic nitrogens is 1. The Labute approximate surface area is 161 Å². The number of anilines is 1. The number of halogens is 1. The molecule has 2 aromatic carbocycles. The van der Waals surface area contributed by atoms with E-state index < -0.39 is 10.0 Å². The average Bonchev–Trinajstić information content (AvgIpc) is 3.08. The number of rotatable bonds is 7. The zero-order valence-corrected chi connectivity index (χ0v) is 16.0. The molecule has 0 aliphatic carbocycles. The van der Waals surface area contributed by atoms with E-state index in [4.69, 9.17) is 16.3 Å². The van der Waals surface area contributed by atoms with Crippen molar-refractivity contribution >= 4 is 44.1 Å². The smallest absolute Gasteiger partial charge is 0.272 e. The van der Waals surface area contributed by atoms with Gasteiger partial charge in [0.25, 0.3) is 5.91 Å². The van der Waals surface area contributed by atoms with E-state index in [-0.39, 0.29) is 24.0 Å².